The Bertz CT molecular complexity index is 2040. The third-order valence-corrected chi connectivity index (χ3v) is 12.2. The Labute approximate surface area is 279 Å². The fraction of sp³-hybridized carbons (Fsp3) is 0.304. The lowest BCUT2D eigenvalue weighted by atomic mass is 9.68. The highest BCUT2D eigenvalue weighted by atomic mass is 16.5. The molecule has 0 saturated carbocycles. The highest BCUT2D eigenvalue weighted by molar-refractivity contribution is 6.06. The van der Waals surface area contributed by atoms with Crippen LogP contribution in [0.5, 0.6) is 0 Å². The molecule has 232 valence electrons. The van der Waals surface area contributed by atoms with E-state index in [9.17, 15) is 0 Å². The predicted molar refractivity (Wildman–Crippen MR) is 195 cm³/mol. The van der Waals surface area contributed by atoms with Gasteiger partial charge >= 0.3 is 0 Å². The summed E-state index contributed by atoms with van der Waals surface area (Å²) in [5, 5.41) is 2.81. The van der Waals surface area contributed by atoms with E-state index in [4.69, 9.17) is 4.74 Å². The number of ether oxygens (including phenoxy) is 1. The molecule has 47 heavy (non-hydrogen) atoms. The highest BCUT2D eigenvalue weighted by Gasteiger charge is 2.44. The van der Waals surface area contributed by atoms with Crippen LogP contribution in [0.3, 0.4) is 0 Å². The van der Waals surface area contributed by atoms with Crippen LogP contribution in [-0.4, -0.2) is 6.10 Å². The molecule has 7 aliphatic carbocycles. The maximum atomic E-state index is 6.97. The number of rotatable bonds is 3. The molecule has 0 N–H and O–H groups in total. The van der Waals surface area contributed by atoms with Crippen LogP contribution < -0.4 is 0 Å². The largest absolute Gasteiger partial charge is 0.485 e. The van der Waals surface area contributed by atoms with E-state index in [0.717, 1.165) is 31.4 Å². The topological polar surface area (TPSA) is 9.23 Å². The van der Waals surface area contributed by atoms with Gasteiger partial charge in [-0.05, 0) is 113 Å². The standard InChI is InChI=1S/C46H42O/c1-3-18-33-29(13-1)15-12-25-34(33)30-16-11-17-32(27-30)43-37-21-5-7-23-39(37)44(40-24-8-6-22-38(40)43)45-35-19-4-2-14-31(35)28-41-36-20-9-10-26-42(36)47-46(41)45/h1-2,4-5,7,9-15,17,19-21,23,26-28,30-31,34-36,42H,3,6,8,16,18,22,24-25H2. The molecular weight excluding hydrogens is 569 g/mol. The Balaban J connectivity index is 1.18. The van der Waals surface area contributed by atoms with E-state index in [1.165, 1.54) is 69.9 Å². The van der Waals surface area contributed by atoms with Crippen molar-refractivity contribution in [3.05, 3.63) is 166 Å². The Morgan fingerprint density at radius 2 is 1.40 bits per heavy atom. The molecule has 0 bridgehead atoms. The monoisotopic (exact) mass is 610 g/mol. The van der Waals surface area contributed by atoms with Crippen molar-refractivity contribution in [3.8, 4) is 0 Å². The molecular formula is C46H42O. The van der Waals surface area contributed by atoms with Gasteiger partial charge in [-0.2, -0.15) is 0 Å². The first-order valence-electron chi connectivity index (χ1n) is 18.2. The fourth-order valence-electron chi connectivity index (χ4n) is 10.1. The van der Waals surface area contributed by atoms with Crippen molar-refractivity contribution in [2.45, 2.75) is 57.5 Å². The first kappa shape index (κ1) is 27.7. The molecule has 1 saturated heterocycles. The average Bonchev–Trinajstić information content (AvgIpc) is 3.51. The van der Waals surface area contributed by atoms with Crippen LogP contribution in [0.15, 0.2) is 144 Å². The van der Waals surface area contributed by atoms with E-state index in [1.807, 2.05) is 0 Å². The van der Waals surface area contributed by atoms with Gasteiger partial charge in [-0.25, -0.2) is 0 Å². The smallest absolute Gasteiger partial charge is 0.128 e. The molecule has 0 radical (unpaired) electrons. The second-order valence-corrected chi connectivity index (χ2v) is 14.7. The van der Waals surface area contributed by atoms with Crippen LogP contribution in [-0.2, 0) is 17.6 Å². The molecule has 6 unspecified atom stereocenters. The zero-order valence-electron chi connectivity index (χ0n) is 27.1. The van der Waals surface area contributed by atoms with Crippen molar-refractivity contribution >= 4 is 21.9 Å². The lowest BCUT2D eigenvalue weighted by molar-refractivity contribution is 0.184. The van der Waals surface area contributed by atoms with E-state index in [1.54, 1.807) is 16.7 Å². The normalized spacial score (nSPS) is 31.2. The summed E-state index contributed by atoms with van der Waals surface area (Å²) in [5.41, 5.74) is 13.6. The summed E-state index contributed by atoms with van der Waals surface area (Å²) in [7, 11) is 0. The molecule has 0 spiro atoms. The van der Waals surface area contributed by atoms with Gasteiger partial charge in [-0.1, -0.05) is 121 Å². The van der Waals surface area contributed by atoms with Crippen LogP contribution in [0, 0.1) is 29.6 Å². The van der Waals surface area contributed by atoms with Crippen LogP contribution >= 0.6 is 0 Å². The third-order valence-electron chi connectivity index (χ3n) is 12.2. The summed E-state index contributed by atoms with van der Waals surface area (Å²) in [5.74, 6) is 3.24. The average molecular weight is 611 g/mol. The molecule has 2 aromatic rings. The van der Waals surface area contributed by atoms with Crippen LogP contribution in [0.1, 0.15) is 60.8 Å². The molecule has 1 aliphatic heterocycles. The fourth-order valence-corrected chi connectivity index (χ4v) is 10.1. The molecule has 2 aromatic carbocycles. The van der Waals surface area contributed by atoms with Crippen molar-refractivity contribution in [2.75, 3.05) is 0 Å². The zero-order valence-corrected chi connectivity index (χ0v) is 27.1. The van der Waals surface area contributed by atoms with Gasteiger partial charge in [0.2, 0.25) is 0 Å². The Hall–Kier alpha value is -4.36. The molecule has 10 rings (SSSR count). The Morgan fingerprint density at radius 3 is 2.30 bits per heavy atom. The minimum absolute atomic E-state index is 0.0881. The van der Waals surface area contributed by atoms with Crippen molar-refractivity contribution in [2.24, 2.45) is 29.6 Å². The van der Waals surface area contributed by atoms with Crippen LogP contribution in [0.4, 0.5) is 0 Å². The van der Waals surface area contributed by atoms with Crippen molar-refractivity contribution < 1.29 is 4.74 Å². The second-order valence-electron chi connectivity index (χ2n) is 14.7. The number of fused-ring (bicyclic) bond motifs is 6. The minimum Gasteiger partial charge on any atom is -0.485 e. The maximum absolute atomic E-state index is 6.97. The predicted octanol–water partition coefficient (Wildman–Crippen LogP) is 11.1. The molecule has 1 heteroatoms. The SMILES string of the molecule is C1=CC2C=C3C(=C(c4c5c(c(C6=CC(C7CC=CC8=C7CCC=C8)CC=C6)c6ccccc46)CCCC5)C2C=C1)OC1C=CC=CC31. The molecule has 1 nitrogen and oxygen atoms in total. The lowest BCUT2D eigenvalue weighted by Gasteiger charge is -2.35. The Kier molecular flexibility index (Phi) is 6.56. The summed E-state index contributed by atoms with van der Waals surface area (Å²) in [6.45, 7) is 0. The quantitative estimate of drug-likeness (QED) is 0.336. The Morgan fingerprint density at radius 1 is 0.660 bits per heavy atom. The number of hydrogen-bond acceptors (Lipinski definition) is 1. The number of allylic oxidation sites excluding steroid dienone is 19. The summed E-state index contributed by atoms with van der Waals surface area (Å²) in [4.78, 5) is 0. The third kappa shape index (κ3) is 4.35. The first-order chi connectivity index (χ1) is 23.3. The molecule has 1 fully saturated rings. The lowest BCUT2D eigenvalue weighted by Crippen LogP contribution is -2.22. The number of benzene rings is 2. The second kappa shape index (κ2) is 11.1. The van der Waals surface area contributed by atoms with Gasteiger partial charge in [0, 0.05) is 28.9 Å². The van der Waals surface area contributed by atoms with Crippen molar-refractivity contribution in [3.63, 3.8) is 0 Å². The van der Waals surface area contributed by atoms with Gasteiger partial charge < -0.3 is 4.74 Å². The summed E-state index contributed by atoms with van der Waals surface area (Å²) < 4.78 is 6.97. The number of hydrogen-bond donors (Lipinski definition) is 0. The van der Waals surface area contributed by atoms with Gasteiger partial charge in [-0.15, -0.1) is 0 Å². The zero-order chi connectivity index (χ0) is 30.9. The molecule has 8 aliphatic rings. The molecule has 0 amide bonds. The molecule has 6 atom stereocenters. The van der Waals surface area contributed by atoms with Crippen molar-refractivity contribution in [1.82, 2.24) is 0 Å². The van der Waals surface area contributed by atoms with Crippen molar-refractivity contribution in [1.29, 1.82) is 0 Å². The van der Waals surface area contributed by atoms with Gasteiger partial charge in [0.05, 0.1) is 0 Å². The maximum Gasteiger partial charge on any atom is 0.128 e. The molecule has 0 aromatic heterocycles. The van der Waals surface area contributed by atoms with E-state index < -0.39 is 0 Å². The van der Waals surface area contributed by atoms with Gasteiger partial charge in [0.15, 0.2) is 0 Å². The van der Waals surface area contributed by atoms with Gasteiger partial charge in [0.1, 0.15) is 11.9 Å². The van der Waals surface area contributed by atoms with Crippen LogP contribution in [0.2, 0.25) is 0 Å². The van der Waals surface area contributed by atoms with Gasteiger partial charge in [0.25, 0.3) is 0 Å². The van der Waals surface area contributed by atoms with Gasteiger partial charge in [-0.3, -0.25) is 0 Å². The molecule has 1 heterocycles. The summed E-state index contributed by atoms with van der Waals surface area (Å²) in [6, 6.07) is 9.35. The van der Waals surface area contributed by atoms with Crippen LogP contribution in [0.25, 0.3) is 21.9 Å². The first-order valence-corrected chi connectivity index (χ1v) is 18.2. The summed E-state index contributed by atoms with van der Waals surface area (Å²) in [6.07, 6.45) is 47.5. The van der Waals surface area contributed by atoms with E-state index in [2.05, 4.69) is 121 Å². The van der Waals surface area contributed by atoms with E-state index in [-0.39, 0.29) is 12.0 Å². The summed E-state index contributed by atoms with van der Waals surface area (Å²) >= 11 is 0. The minimum atomic E-state index is 0.0881. The van der Waals surface area contributed by atoms with E-state index in [0.29, 0.717) is 23.7 Å². The van der Waals surface area contributed by atoms with E-state index >= 15 is 0 Å². The highest BCUT2D eigenvalue weighted by Crippen LogP contribution is 2.54.